The van der Waals surface area contributed by atoms with E-state index in [1.807, 2.05) is 18.2 Å². The van der Waals surface area contributed by atoms with E-state index in [-0.39, 0.29) is 24.5 Å². The van der Waals surface area contributed by atoms with Gasteiger partial charge < -0.3 is 15.0 Å². The van der Waals surface area contributed by atoms with Crippen molar-refractivity contribution in [1.82, 2.24) is 10.3 Å². The number of benzene rings is 2. The monoisotopic (exact) mass is 528 g/mol. The molecule has 5 nitrogen and oxygen atoms in total. The van der Waals surface area contributed by atoms with Crippen LogP contribution in [0, 0.1) is 0 Å². The molecule has 200 valence electrons. The lowest BCUT2D eigenvalue weighted by atomic mass is 9.96. The maximum absolute atomic E-state index is 13.2. The first kappa shape index (κ1) is 28.1. The lowest BCUT2D eigenvalue weighted by molar-refractivity contribution is -0.143. The summed E-state index contributed by atoms with van der Waals surface area (Å²) in [7, 11) is 0. The molecule has 11 heteroatoms. The van der Waals surface area contributed by atoms with Crippen LogP contribution in [0.25, 0.3) is 10.9 Å². The molecule has 0 bridgehead atoms. The molecule has 2 aromatic carbocycles. The Morgan fingerprint density at radius 2 is 1.54 bits per heavy atom. The lowest BCUT2D eigenvalue weighted by Crippen LogP contribution is -2.44. The number of amides is 1. The third kappa shape index (κ3) is 7.74. The molecule has 37 heavy (non-hydrogen) atoms. The van der Waals surface area contributed by atoms with E-state index < -0.39 is 53.4 Å². The first-order chi connectivity index (χ1) is 17.0. The van der Waals surface area contributed by atoms with Gasteiger partial charge in [-0.3, -0.25) is 4.79 Å². The summed E-state index contributed by atoms with van der Waals surface area (Å²) in [5.74, 6) is -0.567. The Kier molecular flexibility index (Phi) is 7.94. The van der Waals surface area contributed by atoms with Gasteiger partial charge in [-0.25, -0.2) is 4.79 Å². The van der Waals surface area contributed by atoms with E-state index in [0.717, 1.165) is 10.9 Å². The molecule has 0 saturated carbocycles. The van der Waals surface area contributed by atoms with Crippen molar-refractivity contribution < 1.29 is 40.7 Å². The summed E-state index contributed by atoms with van der Waals surface area (Å²) in [6.07, 6.45) is -9.92. The summed E-state index contributed by atoms with van der Waals surface area (Å²) in [5.41, 5.74) is -2.56. The number of aromatic amines is 1. The minimum Gasteiger partial charge on any atom is -0.444 e. The van der Waals surface area contributed by atoms with Crippen molar-refractivity contribution >= 4 is 22.8 Å². The number of ketones is 1. The van der Waals surface area contributed by atoms with Crippen LogP contribution in [0.5, 0.6) is 0 Å². The highest BCUT2D eigenvalue weighted by molar-refractivity contribution is 5.89. The van der Waals surface area contributed by atoms with Crippen molar-refractivity contribution in [2.75, 3.05) is 0 Å². The van der Waals surface area contributed by atoms with Gasteiger partial charge in [-0.1, -0.05) is 18.2 Å². The molecular weight excluding hydrogens is 502 g/mol. The average molecular weight is 528 g/mol. The number of nitrogens with one attached hydrogen (secondary N) is 2. The van der Waals surface area contributed by atoms with Gasteiger partial charge in [-0.2, -0.15) is 26.3 Å². The molecule has 0 aliphatic rings. The van der Waals surface area contributed by atoms with Crippen LogP contribution in [0.1, 0.15) is 49.4 Å². The van der Waals surface area contributed by atoms with Gasteiger partial charge in [-0.05, 0) is 62.6 Å². The number of hydrogen-bond donors (Lipinski definition) is 2. The van der Waals surface area contributed by atoms with Gasteiger partial charge in [0.2, 0.25) is 0 Å². The minimum atomic E-state index is -4.99. The third-order valence-electron chi connectivity index (χ3n) is 5.49. The highest BCUT2D eigenvalue weighted by atomic mass is 19.4. The van der Waals surface area contributed by atoms with Crippen molar-refractivity contribution in [3.8, 4) is 0 Å². The molecule has 1 heterocycles. The second-order valence-corrected chi connectivity index (χ2v) is 9.64. The fourth-order valence-electron chi connectivity index (χ4n) is 3.82. The van der Waals surface area contributed by atoms with Crippen LogP contribution in [-0.2, 0) is 34.7 Å². The fraction of sp³-hybridized carbons (Fsp3) is 0.385. The second kappa shape index (κ2) is 10.5. The fourth-order valence-corrected chi connectivity index (χ4v) is 3.82. The van der Waals surface area contributed by atoms with Crippen LogP contribution >= 0.6 is 0 Å². The number of ether oxygens (including phenoxy) is 1. The normalized spacial score (nSPS) is 13.4. The van der Waals surface area contributed by atoms with Gasteiger partial charge in [0, 0.05) is 29.9 Å². The number of rotatable bonds is 7. The predicted octanol–water partition coefficient (Wildman–Crippen LogP) is 6.84. The summed E-state index contributed by atoms with van der Waals surface area (Å²) in [5, 5.41) is 3.30. The van der Waals surface area contributed by atoms with Gasteiger partial charge in [0.05, 0.1) is 17.2 Å². The third-order valence-corrected chi connectivity index (χ3v) is 5.49. The van der Waals surface area contributed by atoms with Crippen molar-refractivity contribution in [2.45, 2.75) is 64.0 Å². The maximum Gasteiger partial charge on any atom is 0.416 e. The molecule has 1 atom stereocenters. The zero-order valence-corrected chi connectivity index (χ0v) is 20.3. The number of alkyl carbamates (subject to hydrolysis) is 1. The first-order valence-electron chi connectivity index (χ1n) is 11.4. The summed E-state index contributed by atoms with van der Waals surface area (Å²) in [4.78, 5) is 28.6. The maximum atomic E-state index is 13.2. The number of aromatic nitrogens is 1. The Morgan fingerprint density at radius 1 is 0.946 bits per heavy atom. The Bertz CT molecular complexity index is 1240. The molecule has 2 N–H and O–H groups in total. The number of aryl methyl sites for hydroxylation is 1. The van der Waals surface area contributed by atoms with E-state index in [1.54, 1.807) is 33.0 Å². The summed E-state index contributed by atoms with van der Waals surface area (Å²) < 4.78 is 84.3. The number of para-hydroxylation sites is 1. The second-order valence-electron chi connectivity index (χ2n) is 9.64. The smallest absolute Gasteiger partial charge is 0.416 e. The van der Waals surface area contributed by atoms with Crippen LogP contribution in [-0.4, -0.2) is 28.5 Å². The van der Waals surface area contributed by atoms with Gasteiger partial charge in [-0.15, -0.1) is 0 Å². The molecule has 3 rings (SSSR count). The molecule has 0 saturated heterocycles. The first-order valence-corrected chi connectivity index (χ1v) is 11.4. The van der Waals surface area contributed by atoms with Gasteiger partial charge in [0.1, 0.15) is 5.60 Å². The number of H-pyrrole nitrogens is 1. The summed E-state index contributed by atoms with van der Waals surface area (Å²) in [6, 6.07) is 7.35. The van der Waals surface area contributed by atoms with E-state index in [1.165, 1.54) is 0 Å². The summed E-state index contributed by atoms with van der Waals surface area (Å²) >= 11 is 0. The van der Waals surface area contributed by atoms with Crippen LogP contribution in [0.3, 0.4) is 0 Å². The number of alkyl halides is 6. The highest BCUT2D eigenvalue weighted by Crippen LogP contribution is 2.36. The number of Topliss-reactive ketones (excluding diaryl/α,β-unsaturated/α-hetero) is 1. The Morgan fingerprint density at radius 3 is 2.11 bits per heavy atom. The summed E-state index contributed by atoms with van der Waals surface area (Å²) in [6.45, 7) is 4.90. The van der Waals surface area contributed by atoms with E-state index in [0.29, 0.717) is 17.7 Å². The van der Waals surface area contributed by atoms with E-state index in [9.17, 15) is 35.9 Å². The van der Waals surface area contributed by atoms with E-state index in [2.05, 4.69) is 10.3 Å². The Balaban J connectivity index is 1.84. The molecule has 0 fully saturated rings. The van der Waals surface area contributed by atoms with E-state index >= 15 is 0 Å². The van der Waals surface area contributed by atoms with Crippen LogP contribution in [0.2, 0.25) is 0 Å². The predicted molar refractivity (Wildman–Crippen MR) is 125 cm³/mol. The van der Waals surface area contributed by atoms with Crippen LogP contribution < -0.4 is 5.32 Å². The number of carbonyl (C=O) groups excluding carboxylic acids is 2. The largest absolute Gasteiger partial charge is 0.444 e. The topological polar surface area (TPSA) is 71.2 Å². The van der Waals surface area contributed by atoms with Crippen molar-refractivity contribution in [3.63, 3.8) is 0 Å². The van der Waals surface area contributed by atoms with Crippen LogP contribution in [0.4, 0.5) is 31.1 Å². The molecule has 0 aliphatic carbocycles. The van der Waals surface area contributed by atoms with Crippen molar-refractivity contribution in [3.05, 3.63) is 70.9 Å². The van der Waals surface area contributed by atoms with Gasteiger partial charge in [0.15, 0.2) is 5.78 Å². The molecule has 3 aromatic rings. The van der Waals surface area contributed by atoms with E-state index in [4.69, 9.17) is 4.74 Å². The molecular formula is C26H26F6N2O3. The van der Waals surface area contributed by atoms with Gasteiger partial charge >= 0.3 is 18.4 Å². The Labute approximate surface area is 209 Å². The number of halogens is 6. The minimum absolute atomic E-state index is 0.0369. The highest BCUT2D eigenvalue weighted by Gasteiger charge is 2.37. The molecule has 0 aliphatic heterocycles. The number of fused-ring (bicyclic) bond motifs is 1. The quantitative estimate of drug-likeness (QED) is 0.330. The van der Waals surface area contributed by atoms with Crippen molar-refractivity contribution in [2.24, 2.45) is 0 Å². The SMILES string of the molecule is CC(C)(C)OC(=O)N[C@@H](Cc1c[nH]c2ccccc12)C(=O)CCc1cc(C(F)(F)F)cc(C(F)(F)F)c1. The average Bonchev–Trinajstić information content (AvgIpc) is 3.17. The standard InChI is InChI=1S/C26H26F6N2O3/c1-24(2,3)37-23(36)34-21(12-16-14-33-20-7-5-4-6-19(16)20)22(35)9-8-15-10-17(25(27,28)29)13-18(11-15)26(30,31)32/h4-7,10-11,13-14,21,33H,8-9,12H2,1-3H3,(H,34,36)/t21-/m0/s1. The lowest BCUT2D eigenvalue weighted by Gasteiger charge is -2.23. The molecule has 0 spiro atoms. The molecule has 0 unspecified atom stereocenters. The Hall–Kier alpha value is -3.50. The number of carbonyl (C=O) groups is 2. The van der Waals surface area contributed by atoms with Crippen LogP contribution in [0.15, 0.2) is 48.7 Å². The zero-order chi connectivity index (χ0) is 27.6. The number of hydrogen-bond acceptors (Lipinski definition) is 3. The molecule has 0 radical (unpaired) electrons. The van der Waals surface area contributed by atoms with Gasteiger partial charge in [0.25, 0.3) is 0 Å². The zero-order valence-electron chi connectivity index (χ0n) is 20.3. The molecule has 1 aromatic heterocycles. The molecule has 1 amide bonds. The van der Waals surface area contributed by atoms with Crippen molar-refractivity contribution in [1.29, 1.82) is 0 Å².